The standard InChI is InChI=1S/C13H19BrN2O2S/c1-9(2)8-13(18)16-15-12(17)5-3-4-10-6-7-11(14)19-10/h6-7,9H,3-5,8H2,1-2H3,(H,15,17)(H,16,18). The minimum absolute atomic E-state index is 0.146. The highest BCUT2D eigenvalue weighted by Gasteiger charge is 2.07. The molecule has 0 saturated heterocycles. The molecule has 0 aliphatic rings. The Hall–Kier alpha value is -0.880. The summed E-state index contributed by atoms with van der Waals surface area (Å²) in [5.41, 5.74) is 4.86. The predicted octanol–water partition coefficient (Wildman–Crippen LogP) is 3.03. The van der Waals surface area contributed by atoms with Gasteiger partial charge in [-0.1, -0.05) is 13.8 Å². The first-order valence-corrected chi connectivity index (χ1v) is 7.90. The van der Waals surface area contributed by atoms with Gasteiger partial charge in [-0.05, 0) is 46.8 Å². The number of carbonyl (C=O) groups excluding carboxylic acids is 2. The van der Waals surface area contributed by atoms with Crippen LogP contribution in [-0.4, -0.2) is 11.8 Å². The Morgan fingerprint density at radius 2 is 1.95 bits per heavy atom. The molecule has 0 unspecified atom stereocenters. The van der Waals surface area contributed by atoms with E-state index in [1.54, 1.807) is 11.3 Å². The molecular weight excluding hydrogens is 328 g/mol. The van der Waals surface area contributed by atoms with Crippen LogP contribution >= 0.6 is 27.3 Å². The van der Waals surface area contributed by atoms with Gasteiger partial charge in [-0.2, -0.15) is 0 Å². The summed E-state index contributed by atoms with van der Waals surface area (Å²) in [6, 6.07) is 4.06. The fraction of sp³-hybridized carbons (Fsp3) is 0.538. The number of aryl methyl sites for hydroxylation is 1. The fourth-order valence-electron chi connectivity index (χ4n) is 1.53. The SMILES string of the molecule is CC(C)CC(=O)NNC(=O)CCCc1ccc(Br)s1. The Morgan fingerprint density at radius 1 is 1.26 bits per heavy atom. The number of thiophene rings is 1. The van der Waals surface area contributed by atoms with Gasteiger partial charge in [0.25, 0.3) is 0 Å². The number of carbonyl (C=O) groups is 2. The summed E-state index contributed by atoms with van der Waals surface area (Å²) < 4.78 is 1.10. The molecule has 106 valence electrons. The van der Waals surface area contributed by atoms with Gasteiger partial charge in [-0.15, -0.1) is 11.3 Å². The maximum Gasteiger partial charge on any atom is 0.238 e. The second kappa shape index (κ2) is 8.32. The maximum absolute atomic E-state index is 11.5. The van der Waals surface area contributed by atoms with E-state index in [4.69, 9.17) is 0 Å². The van der Waals surface area contributed by atoms with Crippen LogP contribution in [0.2, 0.25) is 0 Å². The van der Waals surface area contributed by atoms with Crippen molar-refractivity contribution in [1.82, 2.24) is 10.9 Å². The van der Waals surface area contributed by atoms with E-state index < -0.39 is 0 Å². The van der Waals surface area contributed by atoms with Crippen molar-refractivity contribution in [2.75, 3.05) is 0 Å². The molecule has 0 bridgehead atoms. The minimum atomic E-state index is -0.148. The molecule has 0 aromatic carbocycles. The van der Waals surface area contributed by atoms with Gasteiger partial charge < -0.3 is 0 Å². The van der Waals surface area contributed by atoms with E-state index in [-0.39, 0.29) is 17.7 Å². The van der Waals surface area contributed by atoms with E-state index in [1.807, 2.05) is 19.9 Å². The summed E-state index contributed by atoms with van der Waals surface area (Å²) in [7, 11) is 0. The average Bonchev–Trinajstić information content (AvgIpc) is 2.71. The number of amides is 2. The molecule has 0 radical (unpaired) electrons. The third kappa shape index (κ3) is 7.32. The third-order valence-corrected chi connectivity index (χ3v) is 4.07. The lowest BCUT2D eigenvalue weighted by Gasteiger charge is -2.08. The summed E-state index contributed by atoms with van der Waals surface area (Å²) in [6.45, 7) is 3.92. The second-order valence-electron chi connectivity index (χ2n) is 4.75. The second-order valence-corrected chi connectivity index (χ2v) is 7.30. The molecule has 0 atom stereocenters. The molecular formula is C13H19BrN2O2S. The lowest BCUT2D eigenvalue weighted by molar-refractivity contribution is -0.129. The highest BCUT2D eigenvalue weighted by atomic mass is 79.9. The first-order valence-electron chi connectivity index (χ1n) is 6.29. The van der Waals surface area contributed by atoms with Gasteiger partial charge in [0.05, 0.1) is 3.79 Å². The van der Waals surface area contributed by atoms with Crippen LogP contribution in [0.25, 0.3) is 0 Å². The van der Waals surface area contributed by atoms with E-state index >= 15 is 0 Å². The van der Waals surface area contributed by atoms with E-state index in [0.717, 1.165) is 16.6 Å². The van der Waals surface area contributed by atoms with Crippen LogP contribution in [0.15, 0.2) is 15.9 Å². The summed E-state index contributed by atoms with van der Waals surface area (Å²) in [5.74, 6) is -0.00700. The van der Waals surface area contributed by atoms with Crippen molar-refractivity contribution in [2.24, 2.45) is 5.92 Å². The van der Waals surface area contributed by atoms with Gasteiger partial charge in [0.2, 0.25) is 11.8 Å². The first kappa shape index (κ1) is 16.2. The summed E-state index contributed by atoms with van der Waals surface area (Å²) >= 11 is 5.08. The van der Waals surface area contributed by atoms with Crippen LogP contribution in [0, 0.1) is 5.92 Å². The molecule has 0 aliphatic carbocycles. The molecule has 6 heteroatoms. The van der Waals surface area contributed by atoms with E-state index in [9.17, 15) is 9.59 Å². The zero-order valence-electron chi connectivity index (χ0n) is 11.2. The van der Waals surface area contributed by atoms with Gasteiger partial charge in [0.15, 0.2) is 0 Å². The van der Waals surface area contributed by atoms with Gasteiger partial charge >= 0.3 is 0 Å². The number of rotatable bonds is 6. The van der Waals surface area contributed by atoms with E-state index in [1.165, 1.54) is 4.88 Å². The highest BCUT2D eigenvalue weighted by Crippen LogP contribution is 2.23. The van der Waals surface area contributed by atoms with Crippen molar-refractivity contribution in [1.29, 1.82) is 0 Å². The van der Waals surface area contributed by atoms with Gasteiger partial charge in [0.1, 0.15) is 0 Å². The number of hydrazine groups is 1. The molecule has 0 saturated carbocycles. The van der Waals surface area contributed by atoms with E-state index in [2.05, 4.69) is 32.8 Å². The molecule has 1 rings (SSSR count). The molecule has 2 N–H and O–H groups in total. The zero-order valence-corrected chi connectivity index (χ0v) is 13.6. The predicted molar refractivity (Wildman–Crippen MR) is 80.7 cm³/mol. The Balaban J connectivity index is 2.13. The Bertz CT molecular complexity index is 432. The molecule has 1 aromatic heterocycles. The molecule has 0 spiro atoms. The molecule has 1 aromatic rings. The van der Waals surface area contributed by atoms with Crippen LogP contribution in [0.4, 0.5) is 0 Å². The zero-order chi connectivity index (χ0) is 14.3. The lowest BCUT2D eigenvalue weighted by Crippen LogP contribution is -2.41. The Labute approximate surface area is 126 Å². The third-order valence-electron chi connectivity index (χ3n) is 2.39. The monoisotopic (exact) mass is 346 g/mol. The molecule has 0 aliphatic heterocycles. The Morgan fingerprint density at radius 3 is 2.53 bits per heavy atom. The largest absolute Gasteiger partial charge is 0.273 e. The molecule has 2 amide bonds. The minimum Gasteiger partial charge on any atom is -0.273 e. The number of halogens is 1. The van der Waals surface area contributed by atoms with Crippen molar-refractivity contribution in [3.8, 4) is 0 Å². The lowest BCUT2D eigenvalue weighted by atomic mass is 10.1. The number of hydrogen-bond acceptors (Lipinski definition) is 3. The van der Waals surface area contributed by atoms with Crippen LogP contribution in [0.1, 0.15) is 38.0 Å². The normalized spacial score (nSPS) is 10.5. The van der Waals surface area contributed by atoms with Crippen molar-refractivity contribution < 1.29 is 9.59 Å². The van der Waals surface area contributed by atoms with Crippen molar-refractivity contribution >= 4 is 39.1 Å². The number of nitrogens with one attached hydrogen (secondary N) is 2. The summed E-state index contributed by atoms with van der Waals surface area (Å²) in [6.07, 6.45) is 2.49. The summed E-state index contributed by atoms with van der Waals surface area (Å²) in [4.78, 5) is 24.1. The van der Waals surface area contributed by atoms with Crippen LogP contribution in [-0.2, 0) is 16.0 Å². The Kier molecular flexibility index (Phi) is 7.09. The van der Waals surface area contributed by atoms with Crippen molar-refractivity contribution in [3.63, 3.8) is 0 Å². The van der Waals surface area contributed by atoms with Gasteiger partial charge in [-0.25, -0.2) is 0 Å². The maximum atomic E-state index is 11.5. The average molecular weight is 347 g/mol. The topological polar surface area (TPSA) is 58.2 Å². The molecule has 1 heterocycles. The van der Waals surface area contributed by atoms with Crippen LogP contribution in [0.5, 0.6) is 0 Å². The van der Waals surface area contributed by atoms with Crippen molar-refractivity contribution in [2.45, 2.75) is 39.5 Å². The molecule has 19 heavy (non-hydrogen) atoms. The molecule has 0 fully saturated rings. The fourth-order valence-corrected chi connectivity index (χ4v) is 3.06. The van der Waals surface area contributed by atoms with Crippen LogP contribution in [0.3, 0.4) is 0 Å². The first-order chi connectivity index (χ1) is 8.97. The van der Waals surface area contributed by atoms with Crippen LogP contribution < -0.4 is 10.9 Å². The molecule has 4 nitrogen and oxygen atoms in total. The van der Waals surface area contributed by atoms with Crippen molar-refractivity contribution in [3.05, 3.63) is 20.8 Å². The van der Waals surface area contributed by atoms with E-state index in [0.29, 0.717) is 12.8 Å². The smallest absolute Gasteiger partial charge is 0.238 e. The summed E-state index contributed by atoms with van der Waals surface area (Å²) in [5, 5.41) is 0. The number of hydrogen-bond donors (Lipinski definition) is 2. The quantitative estimate of drug-likeness (QED) is 0.777. The van der Waals surface area contributed by atoms with Gasteiger partial charge in [0, 0.05) is 17.7 Å². The van der Waals surface area contributed by atoms with Gasteiger partial charge in [-0.3, -0.25) is 20.4 Å². The highest BCUT2D eigenvalue weighted by molar-refractivity contribution is 9.11.